The Hall–Kier alpha value is -2.93. The van der Waals surface area contributed by atoms with Gasteiger partial charge < -0.3 is 5.11 Å². The highest BCUT2D eigenvalue weighted by atomic mass is 19.4. The number of piperidine rings is 1. The van der Waals surface area contributed by atoms with Crippen LogP contribution in [0.3, 0.4) is 0 Å². The minimum Gasteiger partial charge on any atom is -0.480 e. The molecule has 2 aromatic carbocycles. The van der Waals surface area contributed by atoms with E-state index in [1.807, 2.05) is 35.2 Å². The van der Waals surface area contributed by atoms with E-state index in [1.54, 1.807) is 6.20 Å². The summed E-state index contributed by atoms with van der Waals surface area (Å²) in [4.78, 5) is 18.3. The third-order valence-corrected chi connectivity index (χ3v) is 5.69. The first-order chi connectivity index (χ1) is 14.4. The van der Waals surface area contributed by atoms with Crippen LogP contribution < -0.4 is 0 Å². The fourth-order valence-electron chi connectivity index (χ4n) is 4.29. The highest BCUT2D eigenvalue weighted by molar-refractivity contribution is 5.83. The van der Waals surface area contributed by atoms with Gasteiger partial charge in [-0.05, 0) is 54.8 Å². The summed E-state index contributed by atoms with van der Waals surface area (Å²) in [6, 6.07) is 13.2. The van der Waals surface area contributed by atoms with Crippen LogP contribution in [0.2, 0.25) is 0 Å². The Labute approximate surface area is 172 Å². The quantitative estimate of drug-likeness (QED) is 0.631. The lowest BCUT2D eigenvalue weighted by Gasteiger charge is -2.40. The van der Waals surface area contributed by atoms with Crippen molar-refractivity contribution in [3.8, 4) is 0 Å². The van der Waals surface area contributed by atoms with E-state index >= 15 is 0 Å². The average molecular weight is 414 g/mol. The Morgan fingerprint density at radius 2 is 1.80 bits per heavy atom. The molecular formula is C23H21F3N2O2. The molecule has 0 bridgehead atoms. The van der Waals surface area contributed by atoms with Gasteiger partial charge >= 0.3 is 12.1 Å². The predicted octanol–water partition coefficient (Wildman–Crippen LogP) is 5.28. The topological polar surface area (TPSA) is 53.4 Å². The van der Waals surface area contributed by atoms with Gasteiger partial charge in [-0.25, -0.2) is 0 Å². The number of benzene rings is 2. The zero-order valence-corrected chi connectivity index (χ0v) is 16.1. The number of pyridine rings is 1. The third kappa shape index (κ3) is 3.89. The molecule has 1 aromatic heterocycles. The lowest BCUT2D eigenvalue weighted by Crippen LogP contribution is -2.46. The van der Waals surface area contributed by atoms with E-state index in [4.69, 9.17) is 0 Å². The standard InChI is InChI=1S/C23H21F3N2O2/c24-23(25,26)16-10-8-15(9-11-16)21(28-14-4-3-7-20(28)22(29)30)18-12-13-27-19-6-2-1-5-17(18)19/h1-2,5-6,8-13,20-21H,3-4,7,14H2,(H,29,30). The van der Waals surface area contributed by atoms with Crippen molar-refractivity contribution in [2.45, 2.75) is 37.5 Å². The highest BCUT2D eigenvalue weighted by Crippen LogP contribution is 2.38. The number of hydrogen-bond donors (Lipinski definition) is 1. The smallest absolute Gasteiger partial charge is 0.416 e. The number of nitrogens with zero attached hydrogens (tertiary/aromatic N) is 2. The molecule has 4 rings (SSSR count). The first-order valence-electron chi connectivity index (χ1n) is 9.85. The second-order valence-corrected chi connectivity index (χ2v) is 7.53. The molecule has 1 aliphatic rings. The second-order valence-electron chi connectivity index (χ2n) is 7.53. The molecule has 0 amide bonds. The molecule has 0 aliphatic carbocycles. The maximum absolute atomic E-state index is 13.1. The van der Waals surface area contributed by atoms with Gasteiger partial charge in [0.1, 0.15) is 6.04 Å². The number of carboxylic acids is 1. The van der Waals surface area contributed by atoms with E-state index < -0.39 is 29.8 Å². The summed E-state index contributed by atoms with van der Waals surface area (Å²) in [5.74, 6) is -0.912. The summed E-state index contributed by atoms with van der Waals surface area (Å²) >= 11 is 0. The van der Waals surface area contributed by atoms with Gasteiger partial charge in [0.15, 0.2) is 0 Å². The Morgan fingerprint density at radius 3 is 2.50 bits per heavy atom. The van der Waals surface area contributed by atoms with Crippen molar-refractivity contribution in [2.75, 3.05) is 6.54 Å². The molecule has 1 fully saturated rings. The van der Waals surface area contributed by atoms with Crippen molar-refractivity contribution in [1.29, 1.82) is 0 Å². The molecule has 156 valence electrons. The van der Waals surface area contributed by atoms with Gasteiger partial charge in [0.2, 0.25) is 0 Å². The number of rotatable bonds is 4. The van der Waals surface area contributed by atoms with Crippen LogP contribution in [0.1, 0.15) is 42.0 Å². The SMILES string of the molecule is O=C(O)C1CCCCN1C(c1ccc(C(F)(F)F)cc1)c1ccnc2ccccc12. The molecule has 3 aromatic rings. The Balaban J connectivity index is 1.88. The molecule has 7 heteroatoms. The molecule has 4 nitrogen and oxygen atoms in total. The molecule has 1 saturated heterocycles. The van der Waals surface area contributed by atoms with Gasteiger partial charge in [0, 0.05) is 11.6 Å². The summed E-state index contributed by atoms with van der Waals surface area (Å²) in [7, 11) is 0. The lowest BCUT2D eigenvalue weighted by molar-refractivity contribution is -0.145. The number of carbonyl (C=O) groups is 1. The summed E-state index contributed by atoms with van der Waals surface area (Å²) in [6.07, 6.45) is -0.607. The Bertz CT molecular complexity index is 1040. The number of aliphatic carboxylic acids is 1. The molecule has 2 unspecified atom stereocenters. The van der Waals surface area contributed by atoms with E-state index in [9.17, 15) is 23.1 Å². The minimum absolute atomic E-state index is 0.485. The molecular weight excluding hydrogens is 393 g/mol. The van der Waals surface area contributed by atoms with Gasteiger partial charge in [-0.15, -0.1) is 0 Å². The lowest BCUT2D eigenvalue weighted by atomic mass is 9.89. The Kier molecular flexibility index (Phi) is 5.47. The van der Waals surface area contributed by atoms with Crippen LogP contribution in [0.4, 0.5) is 13.2 Å². The number of aromatic nitrogens is 1. The first kappa shape index (κ1) is 20.3. The van der Waals surface area contributed by atoms with Crippen LogP contribution in [-0.4, -0.2) is 33.5 Å². The monoisotopic (exact) mass is 414 g/mol. The maximum Gasteiger partial charge on any atom is 0.416 e. The van der Waals surface area contributed by atoms with Gasteiger partial charge in [0.05, 0.1) is 17.1 Å². The Morgan fingerprint density at radius 1 is 1.07 bits per heavy atom. The van der Waals surface area contributed by atoms with Gasteiger partial charge in [-0.1, -0.05) is 36.8 Å². The molecule has 2 atom stereocenters. The van der Waals surface area contributed by atoms with E-state index in [0.717, 1.165) is 41.4 Å². The zero-order chi connectivity index (χ0) is 21.3. The number of hydrogen-bond acceptors (Lipinski definition) is 3. The van der Waals surface area contributed by atoms with E-state index in [2.05, 4.69) is 4.98 Å². The van der Waals surface area contributed by atoms with Crippen molar-refractivity contribution in [3.05, 3.63) is 77.5 Å². The van der Waals surface area contributed by atoms with E-state index in [0.29, 0.717) is 18.5 Å². The number of likely N-dealkylation sites (tertiary alicyclic amines) is 1. The van der Waals surface area contributed by atoms with Crippen LogP contribution in [0.25, 0.3) is 10.9 Å². The van der Waals surface area contributed by atoms with E-state index in [1.165, 1.54) is 12.1 Å². The third-order valence-electron chi connectivity index (χ3n) is 5.69. The number of carboxylic acid groups (broad SMARTS) is 1. The first-order valence-corrected chi connectivity index (χ1v) is 9.85. The summed E-state index contributed by atoms with van der Waals surface area (Å²) in [5.41, 5.74) is 1.51. The normalized spacial score (nSPS) is 19.0. The largest absolute Gasteiger partial charge is 0.480 e. The summed E-state index contributed by atoms with van der Waals surface area (Å²) < 4.78 is 39.2. The second kappa shape index (κ2) is 8.07. The molecule has 0 radical (unpaired) electrons. The number of halogens is 3. The highest BCUT2D eigenvalue weighted by Gasteiger charge is 2.36. The van der Waals surface area contributed by atoms with Crippen LogP contribution in [0, 0.1) is 0 Å². The van der Waals surface area contributed by atoms with Crippen molar-refractivity contribution in [1.82, 2.24) is 9.88 Å². The van der Waals surface area contributed by atoms with E-state index in [-0.39, 0.29) is 0 Å². The predicted molar refractivity (Wildman–Crippen MR) is 107 cm³/mol. The minimum atomic E-state index is -4.42. The van der Waals surface area contributed by atoms with Crippen LogP contribution in [0.15, 0.2) is 60.8 Å². The average Bonchev–Trinajstić information content (AvgIpc) is 2.74. The molecule has 30 heavy (non-hydrogen) atoms. The van der Waals surface area contributed by atoms with Crippen molar-refractivity contribution in [2.24, 2.45) is 0 Å². The van der Waals surface area contributed by atoms with Crippen LogP contribution in [0.5, 0.6) is 0 Å². The van der Waals surface area contributed by atoms with Crippen LogP contribution >= 0.6 is 0 Å². The van der Waals surface area contributed by atoms with Gasteiger partial charge in [-0.2, -0.15) is 13.2 Å². The molecule has 0 saturated carbocycles. The summed E-state index contributed by atoms with van der Waals surface area (Å²) in [6.45, 7) is 0.555. The zero-order valence-electron chi connectivity index (χ0n) is 16.1. The maximum atomic E-state index is 13.1. The van der Waals surface area contributed by atoms with Gasteiger partial charge in [0.25, 0.3) is 0 Å². The number of alkyl halides is 3. The molecule has 1 aliphatic heterocycles. The molecule has 0 spiro atoms. The molecule has 2 heterocycles. The van der Waals surface area contributed by atoms with Crippen LogP contribution in [-0.2, 0) is 11.0 Å². The van der Waals surface area contributed by atoms with Gasteiger partial charge in [-0.3, -0.25) is 14.7 Å². The van der Waals surface area contributed by atoms with Crippen molar-refractivity contribution < 1.29 is 23.1 Å². The fraction of sp³-hybridized carbons (Fsp3) is 0.304. The van der Waals surface area contributed by atoms with Crippen molar-refractivity contribution in [3.63, 3.8) is 0 Å². The number of fused-ring (bicyclic) bond motifs is 1. The summed E-state index contributed by atoms with van der Waals surface area (Å²) in [5, 5.41) is 10.7. The number of para-hydroxylation sites is 1. The fourth-order valence-corrected chi connectivity index (χ4v) is 4.29. The van der Waals surface area contributed by atoms with Crippen molar-refractivity contribution >= 4 is 16.9 Å². The molecule has 1 N–H and O–H groups in total.